The van der Waals surface area contributed by atoms with Crippen LogP contribution in [0.4, 0.5) is 0 Å². The van der Waals surface area contributed by atoms with E-state index in [0.717, 1.165) is 25.7 Å². The van der Waals surface area contributed by atoms with Crippen molar-refractivity contribution < 1.29 is 55.5 Å². The minimum atomic E-state index is -0.708. The van der Waals surface area contributed by atoms with E-state index < -0.39 is 17.0 Å². The van der Waals surface area contributed by atoms with Gasteiger partial charge in [-0.3, -0.25) is 9.59 Å². The lowest BCUT2D eigenvalue weighted by molar-refractivity contribution is -0.368. The predicted molar refractivity (Wildman–Crippen MR) is 144 cm³/mol. The number of ketones is 2. The van der Waals surface area contributed by atoms with Crippen molar-refractivity contribution in [3.63, 3.8) is 0 Å². The number of rotatable bonds is 5. The molecule has 2 spiro atoms. The Morgan fingerprint density at radius 2 is 0.897 bits per heavy atom. The van der Waals surface area contributed by atoms with Gasteiger partial charge in [-0.25, -0.2) is 0 Å². The van der Waals surface area contributed by atoms with Gasteiger partial charge in [-0.05, 0) is 0 Å². The van der Waals surface area contributed by atoms with Gasteiger partial charge >= 0.3 is 1.43 Å². The van der Waals surface area contributed by atoms with Crippen LogP contribution in [0.15, 0.2) is 0 Å². The molecule has 2 aliphatic heterocycles. The highest BCUT2D eigenvalue weighted by atomic mass is 16.7. The summed E-state index contributed by atoms with van der Waals surface area (Å²) in [6.45, 7) is 7.19. The summed E-state index contributed by atoms with van der Waals surface area (Å²) in [6.07, 6.45) is 4.85. The van der Waals surface area contributed by atoms with E-state index in [4.69, 9.17) is 34.3 Å². The predicted octanol–water partition coefficient (Wildman–Crippen LogP) is 1.46. The van der Waals surface area contributed by atoms with Gasteiger partial charge in [-0.2, -0.15) is 0 Å². The van der Waals surface area contributed by atoms with Crippen LogP contribution >= 0.6 is 0 Å². The number of Topliss-reactive ketones (excluding diaryl/α,β-unsaturated/α-hetero) is 2. The molecule has 230 valence electrons. The van der Waals surface area contributed by atoms with Gasteiger partial charge in [0.1, 0.15) is 11.6 Å². The fourth-order valence-corrected chi connectivity index (χ4v) is 4.12. The van der Waals surface area contributed by atoms with Crippen LogP contribution in [-0.2, 0) is 28.5 Å². The lowest BCUT2D eigenvalue weighted by Crippen LogP contribution is -2.57. The highest BCUT2D eigenvalue weighted by molar-refractivity contribution is 5.92. The zero-order valence-electron chi connectivity index (χ0n) is 24.2. The first-order chi connectivity index (χ1) is 17.8. The molecule has 5 N–H and O–H groups in total. The van der Waals surface area contributed by atoms with Crippen molar-refractivity contribution in [1.29, 1.82) is 0 Å². The van der Waals surface area contributed by atoms with E-state index in [0.29, 0.717) is 52.1 Å². The third-order valence-electron chi connectivity index (χ3n) is 7.78. The standard InChI is InChI=1S/C16H28O6.C6H8O2.C5H12O3.CH4/c1-13(7-17)9-19-15(20-10-13)3-5-16(6-4-15)21-11-14(2,8-18)12-22-16;7-5-1-2-6(8)4-3-5;1-5(2-6,3-7)4-8;/h17-18H,3-12H2,1-2H3;1-4H2;6-8H,2-4H2,1H3;1H4/p+1. The van der Waals surface area contributed by atoms with Gasteiger partial charge in [0.2, 0.25) is 0 Å². The Hall–Kier alpha value is -1.02. The monoisotopic (exact) mass is 565 g/mol. The van der Waals surface area contributed by atoms with Crippen molar-refractivity contribution in [2.24, 2.45) is 16.2 Å². The molecule has 11 heteroatoms. The van der Waals surface area contributed by atoms with Crippen LogP contribution in [0.2, 0.25) is 0 Å². The molecule has 0 amide bonds. The number of carbonyl (C=O) groups is 2. The second kappa shape index (κ2) is 15.3. The van der Waals surface area contributed by atoms with Crippen molar-refractivity contribution in [2.75, 3.05) is 59.5 Å². The molecule has 11 nitrogen and oxygen atoms in total. The number of carbonyl (C=O) groups excluding carboxylic acids is 2. The van der Waals surface area contributed by atoms with Crippen LogP contribution in [0, 0.1) is 16.2 Å². The molecule has 0 unspecified atom stereocenters. The van der Waals surface area contributed by atoms with Crippen LogP contribution in [0.3, 0.4) is 0 Å². The Morgan fingerprint density at radius 1 is 0.641 bits per heavy atom. The van der Waals surface area contributed by atoms with E-state index in [9.17, 15) is 19.8 Å². The normalized spacial score (nSPS) is 34.9. The topological polar surface area (TPSA) is 172 Å². The molecule has 4 aliphatic rings. The van der Waals surface area contributed by atoms with E-state index in [1.165, 1.54) is 0 Å². The number of hydrogen-bond acceptors (Lipinski definition) is 11. The minimum absolute atomic E-state index is 0. The number of hydrogen-bond donors (Lipinski definition) is 5. The molecule has 0 aromatic carbocycles. The molecule has 39 heavy (non-hydrogen) atoms. The van der Waals surface area contributed by atoms with Gasteiger partial charge in [0.15, 0.2) is 11.6 Å². The van der Waals surface area contributed by atoms with Gasteiger partial charge in [-0.15, -0.1) is 0 Å². The van der Waals surface area contributed by atoms with E-state index in [-0.39, 0.29) is 64.3 Å². The number of aliphatic hydroxyl groups excluding tert-OH is 5. The number of aliphatic hydroxyl groups is 5. The SMILES string of the molecule is C.CC(CO)(CO)CO.CC1(CO)COC2(CCC3(CC2)OCC(C)(CO)CO3)OC1.O=C1CCC(=O)CC1.[H+]. The van der Waals surface area contributed by atoms with Gasteiger partial charge in [0.25, 0.3) is 0 Å². The highest BCUT2D eigenvalue weighted by Gasteiger charge is 2.52. The summed E-state index contributed by atoms with van der Waals surface area (Å²) in [5.74, 6) is -0.622. The Labute approximate surface area is 234 Å². The molecule has 4 rings (SSSR count). The van der Waals surface area contributed by atoms with E-state index in [1.807, 2.05) is 13.8 Å². The molecule has 2 saturated heterocycles. The lowest BCUT2D eigenvalue weighted by Gasteiger charge is -2.52. The van der Waals surface area contributed by atoms with E-state index >= 15 is 0 Å². The van der Waals surface area contributed by atoms with Crippen molar-refractivity contribution in [1.82, 2.24) is 0 Å². The molecule has 4 fully saturated rings. The summed E-state index contributed by atoms with van der Waals surface area (Å²) in [7, 11) is 0. The Morgan fingerprint density at radius 3 is 1.08 bits per heavy atom. The first-order valence-electron chi connectivity index (χ1n) is 13.5. The quantitative estimate of drug-likeness (QED) is 0.327. The Balaban J connectivity index is 0.000000703. The summed E-state index contributed by atoms with van der Waals surface area (Å²) in [5.41, 5.74) is -1.32. The summed E-state index contributed by atoms with van der Waals surface area (Å²) in [6, 6.07) is 0. The first kappa shape index (κ1) is 36.0. The fourth-order valence-electron chi connectivity index (χ4n) is 4.12. The first-order valence-corrected chi connectivity index (χ1v) is 13.5. The third-order valence-corrected chi connectivity index (χ3v) is 7.78. The van der Waals surface area contributed by atoms with Gasteiger partial charge in [0, 0.05) is 67.6 Å². The summed E-state index contributed by atoms with van der Waals surface area (Å²) < 4.78 is 23.9. The summed E-state index contributed by atoms with van der Waals surface area (Å²) in [4.78, 5) is 20.9. The number of ether oxygens (including phenoxy) is 4. The molecule has 0 radical (unpaired) electrons. The summed E-state index contributed by atoms with van der Waals surface area (Å²) >= 11 is 0. The van der Waals surface area contributed by atoms with E-state index in [2.05, 4.69) is 0 Å². The van der Waals surface area contributed by atoms with Crippen molar-refractivity contribution in [3.05, 3.63) is 0 Å². The van der Waals surface area contributed by atoms with Crippen LogP contribution in [-0.4, -0.2) is 108 Å². The minimum Gasteiger partial charge on any atom is -0.396 e. The molecule has 2 aliphatic carbocycles. The molecule has 2 heterocycles. The maximum absolute atomic E-state index is 10.5. The molecule has 2 saturated carbocycles. The lowest BCUT2D eigenvalue weighted by atomic mass is 9.84. The molecule has 0 atom stereocenters. The van der Waals surface area contributed by atoms with Gasteiger partial charge in [0.05, 0.1) is 59.5 Å². The van der Waals surface area contributed by atoms with Gasteiger partial charge < -0.3 is 44.5 Å². The summed E-state index contributed by atoms with van der Waals surface area (Å²) in [5, 5.41) is 44.2. The average molecular weight is 566 g/mol. The second-order valence-electron chi connectivity index (χ2n) is 12.3. The Kier molecular flexibility index (Phi) is 14.1. The van der Waals surface area contributed by atoms with Crippen molar-refractivity contribution in [3.8, 4) is 0 Å². The van der Waals surface area contributed by atoms with Crippen LogP contribution in [0.1, 0.15) is 81.0 Å². The van der Waals surface area contributed by atoms with Crippen LogP contribution < -0.4 is 0 Å². The van der Waals surface area contributed by atoms with Crippen LogP contribution in [0.25, 0.3) is 0 Å². The molecule has 0 aromatic rings. The smallest absolute Gasteiger partial charge is 0.396 e. The molecular weight excluding hydrogens is 512 g/mol. The zero-order chi connectivity index (χ0) is 28.5. The van der Waals surface area contributed by atoms with E-state index in [1.54, 1.807) is 6.92 Å². The zero-order valence-corrected chi connectivity index (χ0v) is 23.2. The average Bonchev–Trinajstić information content (AvgIpc) is 2.96. The van der Waals surface area contributed by atoms with Crippen molar-refractivity contribution >= 4 is 11.6 Å². The largest absolute Gasteiger partial charge is 1.00 e. The molecule has 0 aromatic heterocycles. The fraction of sp³-hybridized carbons (Fsp3) is 0.929. The highest BCUT2D eigenvalue weighted by Crippen LogP contribution is 2.46. The van der Waals surface area contributed by atoms with Gasteiger partial charge in [-0.1, -0.05) is 28.2 Å². The van der Waals surface area contributed by atoms with Crippen LogP contribution in [0.5, 0.6) is 0 Å². The third kappa shape index (κ3) is 10.4. The second-order valence-corrected chi connectivity index (χ2v) is 12.3. The maximum Gasteiger partial charge on any atom is 1.00 e. The Bertz CT molecular complexity index is 669. The van der Waals surface area contributed by atoms with Crippen molar-refractivity contribution in [2.45, 2.75) is 91.1 Å². The molecular formula is C28H53O11+. The maximum atomic E-state index is 10.5. The molecule has 0 bridgehead atoms.